The van der Waals surface area contributed by atoms with Crippen molar-refractivity contribution in [2.75, 3.05) is 0 Å². The summed E-state index contributed by atoms with van der Waals surface area (Å²) in [7, 11) is 0. The Hall–Kier alpha value is -1.09. The van der Waals surface area contributed by atoms with Crippen LogP contribution in [0.3, 0.4) is 0 Å². The minimum Gasteiger partial charge on any atom is -0.477 e. The Kier molecular flexibility index (Phi) is 8.63. The van der Waals surface area contributed by atoms with Crippen LogP contribution >= 0.6 is 0 Å². The van der Waals surface area contributed by atoms with Crippen molar-refractivity contribution in [2.45, 2.75) is 88.4 Å². The van der Waals surface area contributed by atoms with Crippen LogP contribution in [0.1, 0.15) is 64.7 Å². The van der Waals surface area contributed by atoms with Crippen molar-refractivity contribution in [2.24, 2.45) is 0 Å². The number of hydrogen-bond donors (Lipinski definition) is 1. The molecule has 0 bridgehead atoms. The molecule has 0 saturated heterocycles. The van der Waals surface area contributed by atoms with E-state index in [9.17, 15) is 39.9 Å². The van der Waals surface area contributed by atoms with Gasteiger partial charge in [0.1, 0.15) is 0 Å². The zero-order valence-electron chi connectivity index (χ0n) is 13.7. The second-order valence-corrected chi connectivity index (χ2v) is 5.96. The molecule has 0 spiro atoms. The molecule has 0 amide bonds. The first kappa shape index (κ1) is 23.9. The summed E-state index contributed by atoms with van der Waals surface area (Å²) in [5, 5.41) is 7.93. The van der Waals surface area contributed by atoms with E-state index < -0.39 is 42.5 Å². The molecule has 150 valence electrons. The van der Waals surface area contributed by atoms with Gasteiger partial charge in [0.05, 0.1) is 0 Å². The molecule has 0 rings (SSSR count). The molecule has 0 aliphatic heterocycles. The SMILES string of the molecule is CCCCCCCCCCC(F)(F)C(F)(F)C(F)(F)C(F)(F)C(=O)O. The number of hydrogen-bond acceptors (Lipinski definition) is 1. The molecular weight excluding hydrogens is 364 g/mol. The summed E-state index contributed by atoms with van der Waals surface area (Å²) in [5.41, 5.74) is 0. The van der Waals surface area contributed by atoms with Crippen LogP contribution in [0, 0.1) is 0 Å². The van der Waals surface area contributed by atoms with Gasteiger partial charge in [0.15, 0.2) is 0 Å². The fourth-order valence-electron chi connectivity index (χ4n) is 2.20. The maximum Gasteiger partial charge on any atom is 0.410 e. The molecule has 0 aromatic heterocycles. The van der Waals surface area contributed by atoms with Gasteiger partial charge in [0.25, 0.3) is 0 Å². The summed E-state index contributed by atoms with van der Waals surface area (Å²) >= 11 is 0. The lowest BCUT2D eigenvalue weighted by molar-refractivity contribution is -0.360. The average Bonchev–Trinajstić information content (AvgIpc) is 2.49. The van der Waals surface area contributed by atoms with Crippen molar-refractivity contribution in [3.05, 3.63) is 0 Å². The third-order valence-corrected chi connectivity index (χ3v) is 3.86. The normalized spacial score (nSPS) is 14.0. The van der Waals surface area contributed by atoms with E-state index in [4.69, 9.17) is 5.11 Å². The van der Waals surface area contributed by atoms with Gasteiger partial charge >= 0.3 is 29.7 Å². The molecule has 0 heterocycles. The fourth-order valence-corrected chi connectivity index (χ4v) is 2.20. The van der Waals surface area contributed by atoms with Crippen molar-refractivity contribution in [1.29, 1.82) is 0 Å². The molecule has 0 aliphatic carbocycles. The van der Waals surface area contributed by atoms with Crippen LogP contribution in [0.15, 0.2) is 0 Å². The molecule has 0 saturated carbocycles. The average molecular weight is 386 g/mol. The van der Waals surface area contributed by atoms with Crippen molar-refractivity contribution in [3.63, 3.8) is 0 Å². The first-order valence-corrected chi connectivity index (χ1v) is 8.00. The number of carboxylic acids is 1. The van der Waals surface area contributed by atoms with Gasteiger partial charge in [-0.15, -0.1) is 0 Å². The Bertz CT molecular complexity index is 424. The van der Waals surface area contributed by atoms with E-state index in [1.807, 2.05) is 6.92 Å². The maximum atomic E-state index is 13.4. The molecular formula is C15H22F8O2. The number of unbranched alkanes of at least 4 members (excludes halogenated alkanes) is 7. The van der Waals surface area contributed by atoms with Crippen molar-refractivity contribution in [3.8, 4) is 0 Å². The monoisotopic (exact) mass is 386 g/mol. The molecule has 0 aliphatic rings. The Balaban J connectivity index is 4.70. The molecule has 0 unspecified atom stereocenters. The molecule has 0 radical (unpaired) electrons. The lowest BCUT2D eigenvalue weighted by Crippen LogP contribution is -2.64. The lowest BCUT2D eigenvalue weighted by atomic mass is 9.94. The molecule has 0 fully saturated rings. The molecule has 1 N–H and O–H groups in total. The smallest absolute Gasteiger partial charge is 0.410 e. The van der Waals surface area contributed by atoms with Crippen molar-refractivity contribution < 1.29 is 45.0 Å². The number of alkyl halides is 8. The molecule has 0 aromatic rings. The fraction of sp³-hybridized carbons (Fsp3) is 0.933. The Morgan fingerprint density at radius 2 is 1.12 bits per heavy atom. The predicted molar refractivity (Wildman–Crippen MR) is 74.7 cm³/mol. The van der Waals surface area contributed by atoms with Crippen LogP contribution in [-0.2, 0) is 4.79 Å². The van der Waals surface area contributed by atoms with E-state index in [2.05, 4.69) is 0 Å². The lowest BCUT2D eigenvalue weighted by Gasteiger charge is -2.35. The van der Waals surface area contributed by atoms with Gasteiger partial charge in [-0.25, -0.2) is 4.79 Å². The third-order valence-electron chi connectivity index (χ3n) is 3.86. The summed E-state index contributed by atoms with van der Waals surface area (Å²) in [6.45, 7) is 1.99. The number of halogens is 8. The highest BCUT2D eigenvalue weighted by atomic mass is 19.4. The minimum absolute atomic E-state index is 0.0543. The maximum absolute atomic E-state index is 13.4. The van der Waals surface area contributed by atoms with Crippen LogP contribution in [0.4, 0.5) is 35.1 Å². The Morgan fingerprint density at radius 1 is 0.720 bits per heavy atom. The Labute approximate surface area is 140 Å². The van der Waals surface area contributed by atoms with Gasteiger partial charge in [-0.05, 0) is 6.42 Å². The van der Waals surface area contributed by atoms with Gasteiger partial charge in [-0.2, -0.15) is 35.1 Å². The van der Waals surface area contributed by atoms with Gasteiger partial charge in [-0.3, -0.25) is 0 Å². The van der Waals surface area contributed by atoms with E-state index in [0.29, 0.717) is 12.8 Å². The molecule has 2 nitrogen and oxygen atoms in total. The number of rotatable bonds is 13. The summed E-state index contributed by atoms with van der Waals surface area (Å²) < 4.78 is 105. The van der Waals surface area contributed by atoms with Crippen molar-refractivity contribution in [1.82, 2.24) is 0 Å². The first-order chi connectivity index (χ1) is 11.3. The standard InChI is InChI=1S/C15H22F8O2/c1-2-3-4-5-6-7-8-9-10-12(16,17)14(20,21)15(22,23)13(18,19)11(24)25/h2-10H2,1H3,(H,24,25). The predicted octanol–water partition coefficient (Wildman–Crippen LogP) is 6.14. The van der Waals surface area contributed by atoms with Crippen LogP contribution in [0.25, 0.3) is 0 Å². The summed E-state index contributed by atoms with van der Waals surface area (Å²) in [6.07, 6.45) is 2.59. The van der Waals surface area contributed by atoms with E-state index >= 15 is 0 Å². The number of carbonyl (C=O) groups is 1. The van der Waals surface area contributed by atoms with E-state index in [1.54, 1.807) is 0 Å². The molecule has 10 heteroatoms. The second kappa shape index (κ2) is 9.02. The topological polar surface area (TPSA) is 37.3 Å². The second-order valence-electron chi connectivity index (χ2n) is 5.96. The summed E-state index contributed by atoms with van der Waals surface area (Å²) in [5.74, 6) is -28.6. The number of carboxylic acid groups (broad SMARTS) is 1. The van der Waals surface area contributed by atoms with Crippen LogP contribution in [0.5, 0.6) is 0 Å². The van der Waals surface area contributed by atoms with E-state index in [1.165, 1.54) is 0 Å². The van der Waals surface area contributed by atoms with E-state index in [-0.39, 0.29) is 6.42 Å². The van der Waals surface area contributed by atoms with Gasteiger partial charge in [0.2, 0.25) is 0 Å². The zero-order valence-corrected chi connectivity index (χ0v) is 13.7. The Morgan fingerprint density at radius 3 is 1.52 bits per heavy atom. The molecule has 25 heavy (non-hydrogen) atoms. The molecule has 0 atom stereocenters. The molecule has 0 aromatic carbocycles. The highest BCUT2D eigenvalue weighted by molar-refractivity contribution is 5.77. The highest BCUT2D eigenvalue weighted by Crippen LogP contribution is 2.54. The van der Waals surface area contributed by atoms with Gasteiger partial charge < -0.3 is 5.11 Å². The van der Waals surface area contributed by atoms with E-state index in [0.717, 1.165) is 25.7 Å². The van der Waals surface area contributed by atoms with Crippen LogP contribution < -0.4 is 0 Å². The quantitative estimate of drug-likeness (QED) is 0.305. The first-order valence-electron chi connectivity index (χ1n) is 8.00. The summed E-state index contributed by atoms with van der Waals surface area (Å²) in [6, 6.07) is 0. The minimum atomic E-state index is -6.73. The number of aliphatic carboxylic acids is 1. The highest BCUT2D eigenvalue weighted by Gasteiger charge is 2.82. The van der Waals surface area contributed by atoms with Gasteiger partial charge in [-0.1, -0.05) is 51.9 Å². The van der Waals surface area contributed by atoms with Crippen molar-refractivity contribution >= 4 is 5.97 Å². The summed E-state index contributed by atoms with van der Waals surface area (Å²) in [4.78, 5) is 10.0. The van der Waals surface area contributed by atoms with Gasteiger partial charge in [0, 0.05) is 6.42 Å². The zero-order chi connectivity index (χ0) is 19.9. The largest absolute Gasteiger partial charge is 0.477 e. The van der Waals surface area contributed by atoms with Crippen LogP contribution in [0.2, 0.25) is 0 Å². The third kappa shape index (κ3) is 5.44. The van der Waals surface area contributed by atoms with Crippen LogP contribution in [-0.4, -0.2) is 34.8 Å².